The number of thiazole rings is 1. The van der Waals surface area contributed by atoms with Crippen LogP contribution in [-0.2, 0) is 10.0 Å². The van der Waals surface area contributed by atoms with Gasteiger partial charge >= 0.3 is 0 Å². The second-order valence-corrected chi connectivity index (χ2v) is 6.64. The van der Waals surface area contributed by atoms with Crippen LogP contribution >= 0.6 is 11.3 Å². The van der Waals surface area contributed by atoms with Crippen LogP contribution in [0.1, 0.15) is 30.8 Å². The predicted octanol–water partition coefficient (Wildman–Crippen LogP) is 1.12. The molecule has 2 N–H and O–H groups in total. The Kier molecular flexibility index (Phi) is 6.04. The van der Waals surface area contributed by atoms with Crippen molar-refractivity contribution in [2.24, 2.45) is 0 Å². The molecule has 0 saturated carbocycles. The van der Waals surface area contributed by atoms with Gasteiger partial charge in [-0.1, -0.05) is 0 Å². The van der Waals surface area contributed by atoms with Crippen molar-refractivity contribution in [1.29, 1.82) is 0 Å². The standard InChI is InChI=1S/C10H19N3O2S2/c1-9(10-12-6-7-16-10)13-17(14,15)8-4-3-5-11-2/h6-7,9,11,13H,3-5,8H2,1-2H3. The van der Waals surface area contributed by atoms with E-state index >= 15 is 0 Å². The number of rotatable bonds is 8. The second-order valence-electron chi connectivity index (χ2n) is 3.84. The molecule has 0 aromatic carbocycles. The summed E-state index contributed by atoms with van der Waals surface area (Å²) in [5.74, 6) is 0.171. The summed E-state index contributed by atoms with van der Waals surface area (Å²) in [6.07, 6.45) is 3.21. The molecule has 1 atom stereocenters. The van der Waals surface area contributed by atoms with Crippen molar-refractivity contribution in [1.82, 2.24) is 15.0 Å². The SMILES string of the molecule is CNCCCCS(=O)(=O)NC(C)c1nccs1. The average molecular weight is 277 g/mol. The van der Waals surface area contributed by atoms with Crippen molar-refractivity contribution in [3.05, 3.63) is 16.6 Å². The van der Waals surface area contributed by atoms with Gasteiger partial charge < -0.3 is 5.32 Å². The zero-order chi connectivity index (χ0) is 12.7. The van der Waals surface area contributed by atoms with E-state index in [1.165, 1.54) is 11.3 Å². The second kappa shape index (κ2) is 7.05. The Morgan fingerprint density at radius 3 is 2.82 bits per heavy atom. The van der Waals surface area contributed by atoms with Crippen LogP contribution in [0.4, 0.5) is 0 Å². The molecule has 0 amide bonds. The molecule has 1 aromatic rings. The Labute approximate surface area is 107 Å². The molecule has 98 valence electrons. The number of hydrogen-bond donors (Lipinski definition) is 2. The fourth-order valence-electron chi connectivity index (χ4n) is 1.42. The smallest absolute Gasteiger partial charge is 0.212 e. The molecule has 1 heterocycles. The van der Waals surface area contributed by atoms with E-state index in [1.54, 1.807) is 6.20 Å². The van der Waals surface area contributed by atoms with Crippen LogP contribution in [0, 0.1) is 0 Å². The molecule has 0 aliphatic rings. The van der Waals surface area contributed by atoms with E-state index < -0.39 is 10.0 Å². The summed E-state index contributed by atoms with van der Waals surface area (Å²) in [5, 5.41) is 5.63. The lowest BCUT2D eigenvalue weighted by molar-refractivity contribution is 0.561. The minimum absolute atomic E-state index is 0.171. The Morgan fingerprint density at radius 1 is 1.47 bits per heavy atom. The van der Waals surface area contributed by atoms with E-state index in [2.05, 4.69) is 15.0 Å². The molecule has 0 aliphatic carbocycles. The molecular weight excluding hydrogens is 258 g/mol. The Balaban J connectivity index is 2.38. The van der Waals surface area contributed by atoms with Gasteiger partial charge in [0.15, 0.2) is 0 Å². The molecule has 0 aliphatic heterocycles. The molecule has 0 fully saturated rings. The Bertz CT molecular complexity index is 403. The fraction of sp³-hybridized carbons (Fsp3) is 0.700. The maximum Gasteiger partial charge on any atom is 0.212 e. The zero-order valence-electron chi connectivity index (χ0n) is 10.1. The highest BCUT2D eigenvalue weighted by molar-refractivity contribution is 7.89. The van der Waals surface area contributed by atoms with E-state index in [1.807, 2.05) is 19.4 Å². The third kappa shape index (κ3) is 5.58. The van der Waals surface area contributed by atoms with Gasteiger partial charge in [0.1, 0.15) is 5.01 Å². The average Bonchev–Trinajstić information content (AvgIpc) is 2.77. The fourth-order valence-corrected chi connectivity index (χ4v) is 3.49. The molecule has 0 saturated heterocycles. The van der Waals surface area contributed by atoms with Gasteiger partial charge in [0.05, 0.1) is 11.8 Å². The molecule has 0 spiro atoms. The minimum atomic E-state index is -3.20. The van der Waals surface area contributed by atoms with Crippen molar-refractivity contribution in [2.45, 2.75) is 25.8 Å². The molecule has 7 heteroatoms. The number of hydrogen-bond acceptors (Lipinski definition) is 5. The lowest BCUT2D eigenvalue weighted by atomic mass is 10.3. The van der Waals surface area contributed by atoms with Crippen molar-refractivity contribution >= 4 is 21.4 Å². The van der Waals surface area contributed by atoms with Crippen LogP contribution in [0.2, 0.25) is 0 Å². The Hall–Kier alpha value is -0.500. The third-order valence-electron chi connectivity index (χ3n) is 2.27. The van der Waals surface area contributed by atoms with Gasteiger partial charge in [0.2, 0.25) is 10.0 Å². The van der Waals surface area contributed by atoms with E-state index in [0.29, 0.717) is 6.42 Å². The van der Waals surface area contributed by atoms with E-state index in [-0.39, 0.29) is 11.8 Å². The summed E-state index contributed by atoms with van der Waals surface area (Å²) < 4.78 is 26.1. The first-order valence-corrected chi connectivity index (χ1v) is 8.12. The highest BCUT2D eigenvalue weighted by Crippen LogP contribution is 2.15. The van der Waals surface area contributed by atoms with Crippen molar-refractivity contribution in [3.63, 3.8) is 0 Å². The summed E-state index contributed by atoms with van der Waals surface area (Å²) in [7, 11) is -1.34. The normalized spacial score (nSPS) is 13.8. The number of sulfonamides is 1. The molecule has 1 unspecified atom stereocenters. The summed E-state index contributed by atoms with van der Waals surface area (Å²) in [4.78, 5) is 4.09. The van der Waals surface area contributed by atoms with Crippen LogP contribution in [0.15, 0.2) is 11.6 Å². The third-order valence-corrected chi connectivity index (χ3v) is 4.77. The van der Waals surface area contributed by atoms with Gasteiger partial charge in [-0.15, -0.1) is 11.3 Å². The quantitative estimate of drug-likeness (QED) is 0.699. The number of unbranched alkanes of at least 4 members (excludes halogenated alkanes) is 1. The lowest BCUT2D eigenvalue weighted by Crippen LogP contribution is -2.29. The number of nitrogens with one attached hydrogen (secondary N) is 2. The highest BCUT2D eigenvalue weighted by atomic mass is 32.2. The van der Waals surface area contributed by atoms with Crippen LogP contribution in [0.5, 0.6) is 0 Å². The van der Waals surface area contributed by atoms with Crippen LogP contribution < -0.4 is 10.0 Å². The van der Waals surface area contributed by atoms with Crippen LogP contribution in [0.25, 0.3) is 0 Å². The number of aromatic nitrogens is 1. The van der Waals surface area contributed by atoms with Gasteiger partial charge in [-0.05, 0) is 33.4 Å². The van der Waals surface area contributed by atoms with E-state index in [0.717, 1.165) is 18.0 Å². The summed E-state index contributed by atoms with van der Waals surface area (Å²) >= 11 is 1.46. The van der Waals surface area contributed by atoms with Crippen LogP contribution in [0.3, 0.4) is 0 Å². The van der Waals surface area contributed by atoms with Gasteiger partial charge in [-0.25, -0.2) is 18.1 Å². The largest absolute Gasteiger partial charge is 0.320 e. The minimum Gasteiger partial charge on any atom is -0.320 e. The van der Waals surface area contributed by atoms with E-state index in [4.69, 9.17) is 0 Å². The lowest BCUT2D eigenvalue weighted by Gasteiger charge is -2.11. The van der Waals surface area contributed by atoms with Crippen molar-refractivity contribution < 1.29 is 8.42 Å². The first-order valence-electron chi connectivity index (χ1n) is 5.59. The molecule has 17 heavy (non-hydrogen) atoms. The first-order chi connectivity index (χ1) is 8.05. The maximum atomic E-state index is 11.7. The van der Waals surface area contributed by atoms with Gasteiger partial charge in [0.25, 0.3) is 0 Å². The monoisotopic (exact) mass is 277 g/mol. The first kappa shape index (κ1) is 14.6. The molecule has 0 radical (unpaired) electrons. The Morgan fingerprint density at radius 2 is 2.24 bits per heavy atom. The predicted molar refractivity (Wildman–Crippen MR) is 70.6 cm³/mol. The number of nitrogens with zero attached hydrogens (tertiary/aromatic N) is 1. The van der Waals surface area contributed by atoms with Crippen LogP contribution in [-0.4, -0.2) is 32.7 Å². The van der Waals surface area contributed by atoms with Gasteiger partial charge in [-0.3, -0.25) is 0 Å². The van der Waals surface area contributed by atoms with Crippen molar-refractivity contribution in [3.8, 4) is 0 Å². The molecule has 1 aromatic heterocycles. The summed E-state index contributed by atoms with van der Waals surface area (Å²) in [6.45, 7) is 2.65. The van der Waals surface area contributed by atoms with E-state index in [9.17, 15) is 8.42 Å². The zero-order valence-corrected chi connectivity index (χ0v) is 11.8. The summed E-state index contributed by atoms with van der Waals surface area (Å²) in [6, 6.07) is -0.246. The highest BCUT2D eigenvalue weighted by Gasteiger charge is 2.16. The summed E-state index contributed by atoms with van der Waals surface area (Å²) in [5.41, 5.74) is 0. The topological polar surface area (TPSA) is 71.1 Å². The molecule has 0 bridgehead atoms. The maximum absolute atomic E-state index is 11.7. The molecular formula is C10H19N3O2S2. The molecule has 5 nitrogen and oxygen atoms in total. The van der Waals surface area contributed by atoms with Crippen molar-refractivity contribution in [2.75, 3.05) is 19.3 Å². The van der Waals surface area contributed by atoms with Gasteiger partial charge in [-0.2, -0.15) is 0 Å². The van der Waals surface area contributed by atoms with Gasteiger partial charge in [0, 0.05) is 11.6 Å². The molecule has 1 rings (SSSR count).